The Labute approximate surface area is 127 Å². The molecule has 0 amide bonds. The Morgan fingerprint density at radius 2 is 2.05 bits per heavy atom. The van der Waals surface area contributed by atoms with Gasteiger partial charge in [-0.1, -0.05) is 0 Å². The van der Waals surface area contributed by atoms with Crippen LogP contribution >= 0.6 is 0 Å². The number of rotatable bonds is 7. The van der Waals surface area contributed by atoms with Crippen LogP contribution in [0.4, 0.5) is 0 Å². The van der Waals surface area contributed by atoms with Gasteiger partial charge in [0.1, 0.15) is 0 Å². The third kappa shape index (κ3) is 3.76. The lowest BCUT2D eigenvalue weighted by atomic mass is 10.1. The summed E-state index contributed by atoms with van der Waals surface area (Å²) in [6.45, 7) is 1.45. The zero-order chi connectivity index (χ0) is 15.7. The first kappa shape index (κ1) is 16.7. The normalized spacial score (nSPS) is 25.2. The van der Waals surface area contributed by atoms with Crippen LogP contribution in [0.3, 0.4) is 0 Å². The summed E-state index contributed by atoms with van der Waals surface area (Å²) in [5, 5.41) is 0. The predicted octanol–water partition coefficient (Wildman–Crippen LogP) is 0.686. The van der Waals surface area contributed by atoms with Gasteiger partial charge in [-0.05, 0) is 52.7 Å². The molecule has 1 saturated heterocycles. The van der Waals surface area contributed by atoms with Gasteiger partial charge >= 0.3 is 5.97 Å². The minimum atomic E-state index is -3.39. The van der Waals surface area contributed by atoms with Crippen LogP contribution in [-0.4, -0.2) is 69.7 Å². The maximum atomic E-state index is 12.7. The molecule has 0 aromatic rings. The number of carbonyl (C=O) groups is 1. The molecule has 2 fully saturated rings. The molecular weight excluding hydrogens is 292 g/mol. The molecule has 0 radical (unpaired) electrons. The molecule has 1 atom stereocenters. The van der Waals surface area contributed by atoms with E-state index in [1.807, 2.05) is 14.1 Å². The van der Waals surface area contributed by atoms with Crippen LogP contribution < -0.4 is 0 Å². The van der Waals surface area contributed by atoms with Crippen LogP contribution in [0.1, 0.15) is 32.1 Å². The summed E-state index contributed by atoms with van der Waals surface area (Å²) in [5.74, 6) is -0.472. The van der Waals surface area contributed by atoms with E-state index in [1.165, 1.54) is 7.11 Å². The topological polar surface area (TPSA) is 66.9 Å². The van der Waals surface area contributed by atoms with Crippen molar-refractivity contribution in [3.05, 3.63) is 0 Å². The summed E-state index contributed by atoms with van der Waals surface area (Å²) in [6, 6.07) is 0.0749. The van der Waals surface area contributed by atoms with Crippen LogP contribution in [0, 0.1) is 5.41 Å². The standard InChI is InChI=1S/C14H26N2O4S/c1-15(2)10-6-12-5-4-9-16(12)21(18,19)11-14(7-8-14)13(17)20-3/h12H,4-11H2,1-3H3. The minimum absolute atomic E-state index is 0.0749. The van der Waals surface area contributed by atoms with Crippen molar-refractivity contribution in [3.63, 3.8) is 0 Å². The molecule has 7 heteroatoms. The number of hydrogen-bond donors (Lipinski definition) is 0. The van der Waals surface area contributed by atoms with Gasteiger partial charge in [0, 0.05) is 12.6 Å². The zero-order valence-corrected chi connectivity index (χ0v) is 14.0. The van der Waals surface area contributed by atoms with E-state index in [4.69, 9.17) is 4.74 Å². The molecular formula is C14H26N2O4S. The van der Waals surface area contributed by atoms with Gasteiger partial charge in [-0.15, -0.1) is 0 Å². The van der Waals surface area contributed by atoms with E-state index < -0.39 is 15.4 Å². The van der Waals surface area contributed by atoms with Gasteiger partial charge in [-0.3, -0.25) is 4.79 Å². The van der Waals surface area contributed by atoms with E-state index in [9.17, 15) is 13.2 Å². The lowest BCUT2D eigenvalue weighted by molar-refractivity contribution is -0.146. The Balaban J connectivity index is 2.03. The second kappa shape index (κ2) is 6.22. The number of methoxy groups -OCH3 is 1. The Morgan fingerprint density at radius 1 is 1.38 bits per heavy atom. The van der Waals surface area contributed by atoms with Crippen molar-refractivity contribution in [2.45, 2.75) is 38.1 Å². The van der Waals surface area contributed by atoms with Gasteiger partial charge in [-0.2, -0.15) is 4.31 Å². The lowest BCUT2D eigenvalue weighted by Gasteiger charge is -2.26. The van der Waals surface area contributed by atoms with Gasteiger partial charge in [0.05, 0.1) is 18.3 Å². The molecule has 2 aliphatic rings. The average Bonchev–Trinajstić information content (AvgIpc) is 3.02. The van der Waals surface area contributed by atoms with Crippen LogP contribution in [-0.2, 0) is 19.6 Å². The molecule has 1 heterocycles. The highest BCUT2D eigenvalue weighted by molar-refractivity contribution is 7.89. The molecule has 1 aliphatic carbocycles. The SMILES string of the molecule is COC(=O)C1(CS(=O)(=O)N2CCCC2CCN(C)C)CC1. The fourth-order valence-corrected chi connectivity index (χ4v) is 5.42. The van der Waals surface area contributed by atoms with Crippen molar-refractivity contribution in [2.24, 2.45) is 5.41 Å². The summed E-state index contributed by atoms with van der Waals surface area (Å²) in [5.41, 5.74) is -0.776. The molecule has 21 heavy (non-hydrogen) atoms. The van der Waals surface area contributed by atoms with Gasteiger partial charge in [0.25, 0.3) is 0 Å². The van der Waals surface area contributed by atoms with E-state index >= 15 is 0 Å². The molecule has 0 N–H and O–H groups in total. The highest BCUT2D eigenvalue weighted by Gasteiger charge is 2.55. The molecule has 122 valence electrons. The van der Waals surface area contributed by atoms with Crippen LogP contribution in [0.5, 0.6) is 0 Å². The minimum Gasteiger partial charge on any atom is -0.469 e. The van der Waals surface area contributed by atoms with Crippen molar-refractivity contribution in [3.8, 4) is 0 Å². The quantitative estimate of drug-likeness (QED) is 0.646. The molecule has 1 unspecified atom stereocenters. The third-order valence-corrected chi connectivity index (χ3v) is 6.63. The fourth-order valence-electron chi connectivity index (χ4n) is 3.08. The zero-order valence-electron chi connectivity index (χ0n) is 13.2. The Kier molecular flexibility index (Phi) is 4.95. The van der Waals surface area contributed by atoms with E-state index in [0.29, 0.717) is 19.4 Å². The largest absolute Gasteiger partial charge is 0.469 e. The summed E-state index contributed by atoms with van der Waals surface area (Å²) in [6.07, 6.45) is 3.91. The smallest absolute Gasteiger partial charge is 0.312 e. The fraction of sp³-hybridized carbons (Fsp3) is 0.929. The van der Waals surface area contributed by atoms with E-state index in [2.05, 4.69) is 4.90 Å². The first-order chi connectivity index (χ1) is 9.81. The Bertz CT molecular complexity index is 485. The molecule has 6 nitrogen and oxygen atoms in total. The van der Waals surface area contributed by atoms with Crippen LogP contribution in [0.15, 0.2) is 0 Å². The van der Waals surface area contributed by atoms with Crippen molar-refractivity contribution in [1.82, 2.24) is 9.21 Å². The number of carbonyl (C=O) groups excluding carboxylic acids is 1. The number of esters is 1. The van der Waals surface area contributed by atoms with E-state index in [-0.39, 0.29) is 17.8 Å². The van der Waals surface area contributed by atoms with Gasteiger partial charge in [0.2, 0.25) is 10.0 Å². The van der Waals surface area contributed by atoms with Gasteiger partial charge < -0.3 is 9.64 Å². The lowest BCUT2D eigenvalue weighted by Crippen LogP contribution is -2.41. The number of sulfonamides is 1. The molecule has 2 rings (SSSR count). The second-order valence-corrected chi connectivity index (χ2v) is 8.45. The molecule has 0 aromatic carbocycles. The summed E-state index contributed by atoms with van der Waals surface area (Å²) in [4.78, 5) is 13.8. The Hall–Kier alpha value is -0.660. The first-order valence-electron chi connectivity index (χ1n) is 7.53. The molecule has 0 aromatic heterocycles. The summed E-state index contributed by atoms with van der Waals surface area (Å²) >= 11 is 0. The molecule has 0 spiro atoms. The van der Waals surface area contributed by atoms with Crippen LogP contribution in [0.2, 0.25) is 0 Å². The predicted molar refractivity (Wildman–Crippen MR) is 80.4 cm³/mol. The van der Waals surface area contributed by atoms with E-state index in [1.54, 1.807) is 4.31 Å². The average molecular weight is 318 g/mol. The van der Waals surface area contributed by atoms with Crippen molar-refractivity contribution in [1.29, 1.82) is 0 Å². The first-order valence-corrected chi connectivity index (χ1v) is 9.14. The summed E-state index contributed by atoms with van der Waals surface area (Å²) in [7, 11) is 1.91. The van der Waals surface area contributed by atoms with Crippen molar-refractivity contribution < 1.29 is 17.9 Å². The molecule has 0 bridgehead atoms. The third-order valence-electron chi connectivity index (χ3n) is 4.52. The van der Waals surface area contributed by atoms with Gasteiger partial charge in [-0.25, -0.2) is 8.42 Å². The summed E-state index contributed by atoms with van der Waals surface area (Å²) < 4.78 is 31.7. The van der Waals surface area contributed by atoms with Crippen molar-refractivity contribution in [2.75, 3.05) is 40.0 Å². The monoisotopic (exact) mass is 318 g/mol. The highest BCUT2D eigenvalue weighted by Crippen LogP contribution is 2.48. The number of ether oxygens (including phenoxy) is 1. The van der Waals surface area contributed by atoms with Crippen LogP contribution in [0.25, 0.3) is 0 Å². The van der Waals surface area contributed by atoms with E-state index in [0.717, 1.165) is 25.8 Å². The van der Waals surface area contributed by atoms with Crippen molar-refractivity contribution >= 4 is 16.0 Å². The Morgan fingerprint density at radius 3 is 2.57 bits per heavy atom. The second-order valence-electron chi connectivity index (χ2n) is 6.53. The highest BCUT2D eigenvalue weighted by atomic mass is 32.2. The maximum absolute atomic E-state index is 12.7. The van der Waals surface area contributed by atoms with Gasteiger partial charge in [0.15, 0.2) is 0 Å². The number of nitrogens with zero attached hydrogens (tertiary/aromatic N) is 2. The number of hydrogen-bond acceptors (Lipinski definition) is 5. The molecule has 1 saturated carbocycles. The maximum Gasteiger partial charge on any atom is 0.312 e. The molecule has 1 aliphatic heterocycles.